The van der Waals surface area contributed by atoms with Gasteiger partial charge in [0.1, 0.15) is 36.0 Å². The van der Waals surface area contributed by atoms with Crippen molar-refractivity contribution in [1.82, 2.24) is 44.6 Å². The van der Waals surface area contributed by atoms with Gasteiger partial charge in [-0.1, -0.05) is 43.2 Å². The summed E-state index contributed by atoms with van der Waals surface area (Å²) in [5.74, 6) is 1.03. The van der Waals surface area contributed by atoms with Crippen LogP contribution < -0.4 is 15.4 Å². The second kappa shape index (κ2) is 27.5. The molecule has 4 atom stereocenters. The number of ether oxygens (including phenoxy) is 4. The van der Waals surface area contributed by atoms with Crippen LogP contribution in [-0.4, -0.2) is 124 Å². The van der Waals surface area contributed by atoms with Crippen LogP contribution in [-0.2, 0) is 71.0 Å². The molecule has 3 aliphatic rings. The first kappa shape index (κ1) is 61.2. The van der Waals surface area contributed by atoms with Gasteiger partial charge in [0.05, 0.1) is 59.9 Å². The minimum absolute atomic E-state index is 0.00118. The Morgan fingerprint density at radius 1 is 0.841 bits per heavy atom. The molecule has 0 radical (unpaired) electrons. The predicted molar refractivity (Wildman–Crippen MR) is 307 cm³/mol. The zero-order chi connectivity index (χ0) is 58.7. The predicted octanol–water partition coefficient (Wildman–Crippen LogP) is 8.65. The number of para-hydroxylation sites is 1. The topological polar surface area (TPSA) is 252 Å². The lowest BCUT2D eigenvalue weighted by molar-refractivity contribution is -0.141. The zero-order valence-corrected chi connectivity index (χ0v) is 49.2. The lowest BCUT2D eigenvalue weighted by atomic mass is 9.81. The Morgan fingerprint density at radius 3 is 2.23 bits per heavy atom. The van der Waals surface area contributed by atoms with Crippen LogP contribution in [0.5, 0.6) is 5.75 Å². The fraction of sp³-hybridized carbons (Fsp3) is 0.607. The molecular formula is C61H84N10O11. The van der Waals surface area contributed by atoms with Gasteiger partial charge in [0.25, 0.3) is 0 Å². The number of imidazole rings is 1. The van der Waals surface area contributed by atoms with Gasteiger partial charge in [-0.05, 0) is 147 Å². The van der Waals surface area contributed by atoms with Crippen molar-refractivity contribution in [3.8, 4) is 5.75 Å². The maximum Gasteiger partial charge on any atom is 0.413 e. The van der Waals surface area contributed by atoms with E-state index in [1.165, 1.54) is 4.90 Å². The first-order valence-corrected chi connectivity index (χ1v) is 29.5. The van der Waals surface area contributed by atoms with Crippen molar-refractivity contribution >= 4 is 63.4 Å². The number of anilines is 1. The average molecular weight is 1130 g/mol. The highest BCUT2D eigenvalue weighted by molar-refractivity contribution is 6.09. The van der Waals surface area contributed by atoms with Crippen LogP contribution in [0.2, 0.25) is 0 Å². The van der Waals surface area contributed by atoms with Crippen molar-refractivity contribution in [1.29, 1.82) is 0 Å². The molecule has 4 heterocycles. The fourth-order valence-electron chi connectivity index (χ4n) is 12.0. The zero-order valence-electron chi connectivity index (χ0n) is 49.2. The molecule has 2 bridgehead atoms. The summed E-state index contributed by atoms with van der Waals surface area (Å²) in [4.78, 5) is 92.4. The number of nitrogens with one attached hydrogen (secondary N) is 2. The molecule has 444 valence electrons. The largest absolute Gasteiger partial charge is 0.444 e. The van der Waals surface area contributed by atoms with Crippen molar-refractivity contribution in [2.45, 2.75) is 183 Å². The van der Waals surface area contributed by atoms with Crippen molar-refractivity contribution in [2.24, 2.45) is 23.7 Å². The van der Waals surface area contributed by atoms with E-state index >= 15 is 0 Å². The Balaban J connectivity index is 0.782. The van der Waals surface area contributed by atoms with Crippen LogP contribution >= 0.6 is 0 Å². The molecule has 3 aromatic heterocycles. The summed E-state index contributed by atoms with van der Waals surface area (Å²) >= 11 is 0. The first-order chi connectivity index (χ1) is 39.2. The molecule has 5 amide bonds. The van der Waals surface area contributed by atoms with Crippen LogP contribution in [0.3, 0.4) is 0 Å². The number of carbonyl (C=O) groups excluding carboxylic acids is 6. The molecule has 2 unspecified atom stereocenters. The minimum atomic E-state index is -1.07. The van der Waals surface area contributed by atoms with Gasteiger partial charge >= 0.3 is 12.1 Å². The molecule has 1 aliphatic heterocycles. The molecular weight excluding hydrogens is 1050 g/mol. The molecule has 21 heteroatoms. The van der Waals surface area contributed by atoms with Crippen LogP contribution in [0, 0.1) is 37.5 Å². The minimum Gasteiger partial charge on any atom is -0.444 e. The summed E-state index contributed by atoms with van der Waals surface area (Å²) in [6, 6.07) is 11.2. The van der Waals surface area contributed by atoms with Gasteiger partial charge in [-0.2, -0.15) is 0 Å². The molecule has 21 nitrogen and oxygen atoms in total. The third kappa shape index (κ3) is 15.6. The van der Waals surface area contributed by atoms with Crippen molar-refractivity contribution < 1.29 is 52.8 Å². The maximum atomic E-state index is 13.8. The quantitative estimate of drug-likeness (QED) is 0.0163. The summed E-state index contributed by atoms with van der Waals surface area (Å²) < 4.78 is 26.6. The number of hydrogen-bond donors (Lipinski definition) is 3. The van der Waals surface area contributed by atoms with Crippen molar-refractivity contribution in [3.05, 3.63) is 70.8 Å². The van der Waals surface area contributed by atoms with E-state index in [0.717, 1.165) is 43.9 Å². The fourth-order valence-corrected chi connectivity index (χ4v) is 12.0. The number of carbonyl (C=O) groups is 6. The number of likely N-dealkylation sites (tertiary alicyclic amines) is 1. The highest BCUT2D eigenvalue weighted by Crippen LogP contribution is 2.56. The van der Waals surface area contributed by atoms with Crippen LogP contribution in [0.1, 0.15) is 153 Å². The number of pyridine rings is 1. The van der Waals surface area contributed by atoms with E-state index in [-0.39, 0.29) is 99.4 Å². The van der Waals surface area contributed by atoms with Gasteiger partial charge in [0.15, 0.2) is 5.82 Å². The number of hydrogen-bond acceptors (Lipinski definition) is 15. The van der Waals surface area contributed by atoms with Gasteiger partial charge in [0.2, 0.25) is 23.6 Å². The van der Waals surface area contributed by atoms with Crippen molar-refractivity contribution in [3.63, 3.8) is 0 Å². The average Bonchev–Trinajstić information content (AvgIpc) is 2.23. The monoisotopic (exact) mass is 1130 g/mol. The smallest absolute Gasteiger partial charge is 0.413 e. The van der Waals surface area contributed by atoms with E-state index in [1.54, 1.807) is 29.6 Å². The molecule has 0 spiro atoms. The van der Waals surface area contributed by atoms with Gasteiger partial charge in [-0.3, -0.25) is 38.9 Å². The number of fused-ring (bicyclic) bond motifs is 8. The van der Waals surface area contributed by atoms with E-state index in [2.05, 4.69) is 20.9 Å². The van der Waals surface area contributed by atoms with Gasteiger partial charge in [0, 0.05) is 57.5 Å². The van der Waals surface area contributed by atoms with Gasteiger partial charge < -0.3 is 38.8 Å². The number of aromatic nitrogens is 6. The van der Waals surface area contributed by atoms with E-state index in [0.29, 0.717) is 121 Å². The lowest BCUT2D eigenvalue weighted by Crippen LogP contribution is -2.48. The normalized spacial score (nSPS) is 17.7. The Hall–Kier alpha value is -6.84. The Morgan fingerprint density at radius 2 is 1.54 bits per heavy atom. The number of nitrogens with zero attached hydrogens (tertiary/aromatic N) is 8. The highest BCUT2D eigenvalue weighted by Gasteiger charge is 2.60. The third-order valence-electron chi connectivity index (χ3n) is 15.7. The molecule has 8 rings (SSSR count). The molecule has 3 N–H and O–H groups in total. The molecule has 2 aromatic carbocycles. The second-order valence-electron chi connectivity index (χ2n) is 23.8. The number of amides is 5. The van der Waals surface area contributed by atoms with Gasteiger partial charge in [-0.25, -0.2) is 14.8 Å². The summed E-state index contributed by atoms with van der Waals surface area (Å²) in [6.07, 6.45) is 9.51. The number of benzene rings is 2. The highest BCUT2D eigenvalue weighted by atomic mass is 16.5. The molecule has 2 saturated carbocycles. The number of imide groups is 1. The van der Waals surface area contributed by atoms with Crippen LogP contribution in [0.25, 0.3) is 21.9 Å². The van der Waals surface area contributed by atoms with E-state index in [4.69, 9.17) is 28.9 Å². The van der Waals surface area contributed by atoms with E-state index in [1.807, 2.05) is 82.5 Å². The SMILES string of the molecule is CCCOCC(C)(C)NC(=O)CCN(Cc1cn(CCCCCC(=O)Oc2c(C)cc(COC(=O)Nc3nc4ccccc4c4c3nc(COCC)n4CC(C)(C)O)cc2C)nn1)C(=O)CCCCCN1C(=O)[C@@H]2C3CCC(C3)[C@@H]2C1=O. The number of rotatable bonds is 31. The number of unbranched alkanes of at least 4 members (excludes halogenated alkanes) is 4. The molecule has 3 fully saturated rings. The Kier molecular flexibility index (Phi) is 20.5. The van der Waals surface area contributed by atoms with Crippen LogP contribution in [0.4, 0.5) is 10.6 Å². The number of aryl methyl sites for hydroxylation is 3. The number of aliphatic hydroxyl groups is 1. The van der Waals surface area contributed by atoms with Gasteiger partial charge in [-0.15, -0.1) is 5.10 Å². The van der Waals surface area contributed by atoms with E-state index in [9.17, 15) is 33.9 Å². The Bertz CT molecular complexity index is 3040. The van der Waals surface area contributed by atoms with Crippen molar-refractivity contribution in [2.75, 3.05) is 38.2 Å². The third-order valence-corrected chi connectivity index (χ3v) is 15.7. The summed E-state index contributed by atoms with van der Waals surface area (Å²) in [5, 5.41) is 26.2. The van der Waals surface area contributed by atoms with E-state index < -0.39 is 17.2 Å². The molecule has 5 aromatic rings. The maximum absolute atomic E-state index is 13.8. The summed E-state index contributed by atoms with van der Waals surface area (Å²) in [6.45, 7) is 18.0. The number of esters is 1. The molecule has 82 heavy (non-hydrogen) atoms. The summed E-state index contributed by atoms with van der Waals surface area (Å²) in [5.41, 5.74) is 2.85. The summed E-state index contributed by atoms with van der Waals surface area (Å²) in [7, 11) is 0. The molecule has 2 aliphatic carbocycles. The standard InChI is InChI=1S/C61H84N10O11/c1-9-29-80-38-60(5,6)65-48(72)25-28-68(49(73)21-13-11-18-27-70-57(75)51-42-23-24-43(32-42)52(51)58(70)76)33-44-34-69(67-66-44)26-17-12-14-22-50(74)82-55-39(3)30-41(31-40(55)4)35-81-59(77)64-56-53-54(45-19-15-16-20-46(45)62-56)71(37-61(7,8)78)47(63-53)36-79-10-2/h15-16,19-20,30-31,34,42-43,51-52,78H,9-14,17-18,21-29,32-33,35-38H2,1-8H3,(H,65,72)(H,62,64,77)/t42?,43?,51-,52+. The lowest BCUT2D eigenvalue weighted by Gasteiger charge is -2.27. The Labute approximate surface area is 480 Å². The van der Waals surface area contributed by atoms with Crippen LogP contribution in [0.15, 0.2) is 42.6 Å². The second-order valence-corrected chi connectivity index (χ2v) is 23.8. The first-order valence-electron chi connectivity index (χ1n) is 29.5. The molecule has 1 saturated heterocycles.